The number of nitrogens with two attached hydrogens (primary N) is 1. The number of hydrogen-bond donors (Lipinski definition) is 2. The van der Waals surface area contributed by atoms with Gasteiger partial charge < -0.3 is 25.4 Å². The van der Waals surface area contributed by atoms with Crippen molar-refractivity contribution in [1.29, 1.82) is 0 Å². The molecular weight excluding hydrogens is 344 g/mol. The highest BCUT2D eigenvalue weighted by Gasteiger charge is 2.63. The number of carbonyl (C=O) groups excluding carboxylic acids is 1. The van der Waals surface area contributed by atoms with Gasteiger partial charge in [-0.15, -0.1) is 0 Å². The van der Waals surface area contributed by atoms with Crippen molar-refractivity contribution in [3.05, 3.63) is 11.1 Å². The third-order valence-electron chi connectivity index (χ3n) is 5.38. The highest BCUT2D eigenvalue weighted by atomic mass is 32.1. The molecule has 1 aromatic rings. The van der Waals surface area contributed by atoms with Crippen LogP contribution in [-0.4, -0.2) is 77.7 Å². The van der Waals surface area contributed by atoms with E-state index in [1.165, 1.54) is 11.3 Å². The summed E-state index contributed by atoms with van der Waals surface area (Å²) < 4.78 is 6.36. The number of fused-ring (bicyclic) bond motifs is 1. The number of rotatable bonds is 3. The van der Waals surface area contributed by atoms with Gasteiger partial charge in [-0.3, -0.25) is 9.59 Å². The summed E-state index contributed by atoms with van der Waals surface area (Å²) in [6.07, 6.45) is 4.18. The third kappa shape index (κ3) is 3.23. The number of aromatic nitrogens is 1. The zero-order valence-electron chi connectivity index (χ0n) is 14.4. The maximum absolute atomic E-state index is 12.7. The molecule has 0 radical (unpaired) electrons. The smallest absolute Gasteiger partial charge is 0.290 e. The lowest BCUT2D eigenvalue weighted by molar-refractivity contribution is -0.122. The number of ether oxygens (including phenoxy) is 1. The largest absolute Gasteiger partial charge is 0.483 e. The lowest BCUT2D eigenvalue weighted by Gasteiger charge is -2.30. The Bertz CT molecular complexity index is 652. The van der Waals surface area contributed by atoms with Gasteiger partial charge in [0.25, 0.3) is 12.4 Å². The lowest BCUT2D eigenvalue weighted by Crippen LogP contribution is -2.40. The molecule has 4 rings (SSSR count). The molecule has 4 heterocycles. The summed E-state index contributed by atoms with van der Waals surface area (Å²) in [6.45, 7) is 2.30. The predicted octanol–water partition coefficient (Wildman–Crippen LogP) is 0.607. The van der Waals surface area contributed by atoms with Crippen LogP contribution in [0.1, 0.15) is 22.5 Å². The van der Waals surface area contributed by atoms with Crippen molar-refractivity contribution < 1.29 is 19.4 Å². The van der Waals surface area contributed by atoms with E-state index in [4.69, 9.17) is 20.4 Å². The Morgan fingerprint density at radius 2 is 2.36 bits per heavy atom. The fraction of sp³-hybridized carbons (Fsp3) is 0.688. The molecule has 3 N–H and O–H groups in total. The minimum Gasteiger partial charge on any atom is -0.483 e. The van der Waals surface area contributed by atoms with Crippen molar-refractivity contribution in [3.63, 3.8) is 0 Å². The zero-order chi connectivity index (χ0) is 18.2. The summed E-state index contributed by atoms with van der Waals surface area (Å²) in [7, 11) is 4.22. The second-order valence-electron chi connectivity index (χ2n) is 7.15. The van der Waals surface area contributed by atoms with Crippen molar-refractivity contribution in [3.8, 4) is 0 Å². The summed E-state index contributed by atoms with van der Waals surface area (Å²) in [5, 5.41) is 7.34. The monoisotopic (exact) mass is 368 g/mol. The van der Waals surface area contributed by atoms with Crippen LogP contribution in [0.25, 0.3) is 0 Å². The molecule has 3 saturated heterocycles. The molecule has 138 valence electrons. The molecular formula is C16H24N4O4S. The normalized spacial score (nSPS) is 32.4. The van der Waals surface area contributed by atoms with Gasteiger partial charge in [0, 0.05) is 24.9 Å². The number of nitrogen functional groups attached to an aromatic ring is 1. The predicted molar refractivity (Wildman–Crippen MR) is 93.5 cm³/mol. The second-order valence-corrected chi connectivity index (χ2v) is 8.21. The number of likely N-dealkylation sites (tertiary alicyclic amines) is 1. The number of hydrogen-bond acceptors (Lipinski definition) is 7. The molecule has 3 aliphatic heterocycles. The molecule has 0 unspecified atom stereocenters. The molecule has 4 atom stereocenters. The first-order valence-electron chi connectivity index (χ1n) is 8.31. The summed E-state index contributed by atoms with van der Waals surface area (Å²) in [5.41, 5.74) is 5.55. The molecule has 0 aromatic carbocycles. The van der Waals surface area contributed by atoms with E-state index in [9.17, 15) is 4.79 Å². The van der Waals surface area contributed by atoms with E-state index < -0.39 is 0 Å². The molecule has 9 heteroatoms. The van der Waals surface area contributed by atoms with Crippen LogP contribution in [0, 0.1) is 11.8 Å². The van der Waals surface area contributed by atoms with E-state index in [2.05, 4.69) is 24.0 Å². The number of carbonyl (C=O) groups is 2. The quantitative estimate of drug-likeness (QED) is 0.752. The van der Waals surface area contributed by atoms with Gasteiger partial charge in [-0.25, -0.2) is 4.98 Å². The van der Waals surface area contributed by atoms with Gasteiger partial charge in [-0.05, 0) is 26.9 Å². The van der Waals surface area contributed by atoms with E-state index in [1.807, 2.05) is 4.90 Å². The summed E-state index contributed by atoms with van der Waals surface area (Å²) in [5.74, 6) is 1.05. The summed E-state index contributed by atoms with van der Waals surface area (Å²) >= 11 is 1.27. The van der Waals surface area contributed by atoms with Crippen molar-refractivity contribution in [1.82, 2.24) is 14.8 Å². The van der Waals surface area contributed by atoms with Crippen LogP contribution in [0.3, 0.4) is 0 Å². The Morgan fingerprint density at radius 3 is 2.96 bits per heavy atom. The minimum absolute atomic E-state index is 0.0497. The Labute approximate surface area is 150 Å². The van der Waals surface area contributed by atoms with Gasteiger partial charge >= 0.3 is 0 Å². The Hall–Kier alpha value is -1.71. The van der Waals surface area contributed by atoms with E-state index >= 15 is 0 Å². The standard InChI is InChI=1S/C15H22N4O2S.CH2O2/c1-18(2)6-9-10-7-19(8-15(10)4-3-11(9)21-15)13(20)12-5-17-14(16)22-12;2-1-3/h5,9-11H,3-4,6-8H2,1-2H3,(H2,16,17);1H,(H,2,3)/t9-,10+,11+,15+;/m1./s1. The maximum Gasteiger partial charge on any atom is 0.290 e. The van der Waals surface area contributed by atoms with Crippen molar-refractivity contribution in [2.75, 3.05) is 39.5 Å². The SMILES string of the molecule is CN(C)C[C@H]1[C@@H]2CC[C@@]3(CN(C(=O)c4cnc(N)s4)C[C@@H]13)O2.O=CO. The van der Waals surface area contributed by atoms with Gasteiger partial charge in [-0.2, -0.15) is 0 Å². The second kappa shape index (κ2) is 6.89. The molecule has 3 fully saturated rings. The minimum atomic E-state index is -0.250. The van der Waals surface area contributed by atoms with E-state index in [-0.39, 0.29) is 18.0 Å². The first kappa shape index (κ1) is 18.1. The van der Waals surface area contributed by atoms with Crippen LogP contribution in [0.4, 0.5) is 5.13 Å². The summed E-state index contributed by atoms with van der Waals surface area (Å²) in [4.78, 5) is 29.8. The van der Waals surface area contributed by atoms with Gasteiger partial charge in [0.15, 0.2) is 5.13 Å². The average Bonchev–Trinajstić information content (AvgIpc) is 3.28. The van der Waals surface area contributed by atoms with E-state index in [0.29, 0.717) is 34.5 Å². The number of carboxylic acid groups (broad SMARTS) is 1. The summed E-state index contributed by atoms with van der Waals surface area (Å²) in [6, 6.07) is 0. The first-order chi connectivity index (χ1) is 11.9. The lowest BCUT2D eigenvalue weighted by atomic mass is 9.73. The van der Waals surface area contributed by atoms with Gasteiger partial charge in [0.2, 0.25) is 0 Å². The fourth-order valence-electron chi connectivity index (χ4n) is 4.55. The van der Waals surface area contributed by atoms with Gasteiger partial charge in [0.1, 0.15) is 4.88 Å². The van der Waals surface area contributed by atoms with Crippen LogP contribution in [-0.2, 0) is 9.53 Å². The number of amides is 1. The maximum atomic E-state index is 12.7. The van der Waals surface area contributed by atoms with Crippen molar-refractivity contribution >= 4 is 28.8 Å². The third-order valence-corrected chi connectivity index (χ3v) is 6.20. The Balaban J connectivity index is 0.000000569. The number of anilines is 1. The Kier molecular flexibility index (Phi) is 4.99. The average molecular weight is 368 g/mol. The van der Waals surface area contributed by atoms with E-state index in [0.717, 1.165) is 25.9 Å². The van der Waals surface area contributed by atoms with Crippen LogP contribution < -0.4 is 5.73 Å². The van der Waals surface area contributed by atoms with Gasteiger partial charge in [0.05, 0.1) is 24.4 Å². The highest BCUT2D eigenvalue weighted by Crippen LogP contribution is 2.55. The zero-order valence-corrected chi connectivity index (χ0v) is 15.2. The van der Waals surface area contributed by atoms with Crippen LogP contribution in [0.5, 0.6) is 0 Å². The topological polar surface area (TPSA) is 109 Å². The van der Waals surface area contributed by atoms with Crippen LogP contribution >= 0.6 is 11.3 Å². The van der Waals surface area contributed by atoms with E-state index in [1.54, 1.807) is 6.20 Å². The van der Waals surface area contributed by atoms with Gasteiger partial charge in [-0.1, -0.05) is 11.3 Å². The van der Waals surface area contributed by atoms with Crippen LogP contribution in [0.15, 0.2) is 6.20 Å². The first-order valence-corrected chi connectivity index (χ1v) is 9.13. The van der Waals surface area contributed by atoms with Crippen LogP contribution in [0.2, 0.25) is 0 Å². The fourth-order valence-corrected chi connectivity index (χ4v) is 5.21. The molecule has 0 saturated carbocycles. The number of thiazole rings is 1. The van der Waals surface area contributed by atoms with Crippen molar-refractivity contribution in [2.45, 2.75) is 24.5 Å². The molecule has 1 aromatic heterocycles. The molecule has 1 spiro atoms. The molecule has 25 heavy (non-hydrogen) atoms. The Morgan fingerprint density at radius 1 is 1.64 bits per heavy atom. The highest BCUT2D eigenvalue weighted by molar-refractivity contribution is 7.17. The molecule has 1 amide bonds. The molecule has 3 aliphatic rings. The molecule has 2 bridgehead atoms. The number of nitrogens with zero attached hydrogens (tertiary/aromatic N) is 3. The molecule has 8 nitrogen and oxygen atoms in total. The molecule has 0 aliphatic carbocycles. The van der Waals surface area contributed by atoms with Crippen molar-refractivity contribution in [2.24, 2.45) is 11.8 Å².